The zero-order valence-corrected chi connectivity index (χ0v) is 14.4. The zero-order valence-electron chi connectivity index (χ0n) is 14.4. The monoisotopic (exact) mass is 312 g/mol. The van der Waals surface area contributed by atoms with Crippen molar-refractivity contribution < 1.29 is 14.6 Å². The lowest BCUT2D eigenvalue weighted by atomic mass is 10.0. The van der Waals surface area contributed by atoms with Crippen LogP contribution in [-0.2, 0) is 4.74 Å². The van der Waals surface area contributed by atoms with Gasteiger partial charge in [-0.2, -0.15) is 0 Å². The Morgan fingerprint density at radius 2 is 1.73 bits per heavy atom. The smallest absolute Gasteiger partial charge is 0.410 e. The zero-order chi connectivity index (χ0) is 16.2. The van der Waals surface area contributed by atoms with Crippen molar-refractivity contribution in [2.75, 3.05) is 26.2 Å². The van der Waals surface area contributed by atoms with E-state index in [0.717, 1.165) is 45.3 Å². The van der Waals surface area contributed by atoms with Crippen molar-refractivity contribution in [2.24, 2.45) is 0 Å². The molecule has 0 aromatic heterocycles. The van der Waals surface area contributed by atoms with E-state index in [0.29, 0.717) is 6.54 Å². The van der Waals surface area contributed by atoms with Crippen molar-refractivity contribution in [2.45, 2.75) is 77.0 Å². The minimum Gasteiger partial charge on any atom is -0.444 e. The molecule has 1 aliphatic carbocycles. The van der Waals surface area contributed by atoms with Gasteiger partial charge in [-0.1, -0.05) is 19.3 Å². The van der Waals surface area contributed by atoms with Gasteiger partial charge in [-0.3, -0.25) is 4.90 Å². The molecule has 0 radical (unpaired) electrons. The number of carbonyl (C=O) groups is 1. The van der Waals surface area contributed by atoms with Crippen molar-refractivity contribution in [3.63, 3.8) is 0 Å². The summed E-state index contributed by atoms with van der Waals surface area (Å²) in [6.07, 6.45) is 6.08. The fraction of sp³-hybridized carbons (Fsp3) is 0.941. The van der Waals surface area contributed by atoms with Gasteiger partial charge in [0.05, 0.1) is 6.10 Å². The predicted molar refractivity (Wildman–Crippen MR) is 86.9 cm³/mol. The Bertz CT molecular complexity index is 367. The van der Waals surface area contributed by atoms with Crippen LogP contribution >= 0.6 is 0 Å². The van der Waals surface area contributed by atoms with Crippen LogP contribution in [0.4, 0.5) is 4.79 Å². The molecule has 2 unspecified atom stereocenters. The topological polar surface area (TPSA) is 53.0 Å². The van der Waals surface area contributed by atoms with E-state index in [4.69, 9.17) is 4.74 Å². The van der Waals surface area contributed by atoms with Crippen LogP contribution in [-0.4, -0.2) is 64.9 Å². The highest BCUT2D eigenvalue weighted by atomic mass is 16.6. The molecule has 5 nitrogen and oxygen atoms in total. The Balaban J connectivity index is 1.90. The molecule has 1 saturated heterocycles. The molecule has 0 aromatic carbocycles. The second kappa shape index (κ2) is 7.64. The predicted octanol–water partition coefficient (Wildman–Crippen LogP) is 2.62. The molecule has 2 aliphatic rings. The third kappa shape index (κ3) is 5.13. The maximum Gasteiger partial charge on any atom is 0.410 e. The lowest BCUT2D eigenvalue weighted by molar-refractivity contribution is 0.0234. The summed E-state index contributed by atoms with van der Waals surface area (Å²) in [7, 11) is 0. The van der Waals surface area contributed by atoms with Crippen LogP contribution in [0.5, 0.6) is 0 Å². The normalized spacial score (nSPS) is 28.8. The average Bonchev–Trinajstić information content (AvgIpc) is 2.76. The Morgan fingerprint density at radius 1 is 1.00 bits per heavy atom. The van der Waals surface area contributed by atoms with E-state index in [1.54, 1.807) is 0 Å². The van der Waals surface area contributed by atoms with E-state index in [-0.39, 0.29) is 18.2 Å². The minimum atomic E-state index is -0.444. The summed E-state index contributed by atoms with van der Waals surface area (Å²) in [5, 5.41) is 10.4. The Hall–Kier alpha value is -0.810. The van der Waals surface area contributed by atoms with Gasteiger partial charge >= 0.3 is 6.09 Å². The summed E-state index contributed by atoms with van der Waals surface area (Å²) in [6, 6.07) is 0.265. The molecule has 2 atom stereocenters. The van der Waals surface area contributed by atoms with Crippen LogP contribution in [0.2, 0.25) is 0 Å². The number of ether oxygens (including phenoxy) is 1. The van der Waals surface area contributed by atoms with Gasteiger partial charge in [0, 0.05) is 32.2 Å². The van der Waals surface area contributed by atoms with Crippen molar-refractivity contribution in [3.8, 4) is 0 Å². The van der Waals surface area contributed by atoms with Gasteiger partial charge in [-0.15, -0.1) is 0 Å². The summed E-state index contributed by atoms with van der Waals surface area (Å²) in [5.74, 6) is 0. The van der Waals surface area contributed by atoms with Crippen molar-refractivity contribution in [3.05, 3.63) is 0 Å². The molecule has 1 N–H and O–H groups in total. The highest BCUT2D eigenvalue weighted by Crippen LogP contribution is 2.24. The highest BCUT2D eigenvalue weighted by molar-refractivity contribution is 5.68. The summed E-state index contributed by atoms with van der Waals surface area (Å²) in [4.78, 5) is 16.4. The molecular formula is C17H32N2O3. The van der Waals surface area contributed by atoms with Gasteiger partial charge in [-0.05, 0) is 40.0 Å². The van der Waals surface area contributed by atoms with E-state index in [9.17, 15) is 9.90 Å². The van der Waals surface area contributed by atoms with Crippen LogP contribution in [0.15, 0.2) is 0 Å². The fourth-order valence-corrected chi connectivity index (χ4v) is 3.47. The molecule has 22 heavy (non-hydrogen) atoms. The second-order valence-electron chi connectivity index (χ2n) is 7.63. The first kappa shape index (κ1) is 17.5. The third-order valence-corrected chi connectivity index (χ3v) is 4.60. The number of amides is 1. The van der Waals surface area contributed by atoms with Crippen LogP contribution < -0.4 is 0 Å². The van der Waals surface area contributed by atoms with Crippen molar-refractivity contribution in [1.29, 1.82) is 0 Å². The maximum atomic E-state index is 12.2. The Kier molecular flexibility index (Phi) is 6.09. The molecule has 5 heteroatoms. The molecule has 1 aliphatic heterocycles. The first-order valence-corrected chi connectivity index (χ1v) is 8.77. The third-order valence-electron chi connectivity index (χ3n) is 4.60. The first-order chi connectivity index (χ1) is 10.4. The number of aliphatic hydroxyl groups excluding tert-OH is 1. The van der Waals surface area contributed by atoms with Gasteiger partial charge in [0.1, 0.15) is 5.60 Å². The number of nitrogens with zero attached hydrogens (tertiary/aromatic N) is 2. The quantitative estimate of drug-likeness (QED) is 0.756. The molecule has 1 amide bonds. The molecule has 1 saturated carbocycles. The standard InChI is InChI=1S/C17H32N2O3/c1-17(2,3)22-16(21)19-11-7-10-18(12-13-19)14-8-5-4-6-9-15(14)20/h14-15,20H,4-13H2,1-3H3. The largest absolute Gasteiger partial charge is 0.444 e. The molecule has 128 valence electrons. The van der Waals surface area contributed by atoms with E-state index < -0.39 is 5.60 Å². The molecular weight excluding hydrogens is 280 g/mol. The van der Waals surface area contributed by atoms with Gasteiger partial charge in [-0.25, -0.2) is 4.79 Å². The van der Waals surface area contributed by atoms with E-state index in [1.165, 1.54) is 12.8 Å². The Morgan fingerprint density at radius 3 is 2.45 bits per heavy atom. The second-order valence-corrected chi connectivity index (χ2v) is 7.63. The van der Waals surface area contributed by atoms with Crippen molar-refractivity contribution in [1.82, 2.24) is 9.80 Å². The molecule has 2 rings (SSSR count). The number of hydrogen-bond acceptors (Lipinski definition) is 4. The van der Waals surface area contributed by atoms with Crippen molar-refractivity contribution >= 4 is 6.09 Å². The van der Waals surface area contributed by atoms with E-state index in [2.05, 4.69) is 4.90 Å². The molecule has 2 fully saturated rings. The summed E-state index contributed by atoms with van der Waals surface area (Å²) in [5.41, 5.74) is -0.444. The van der Waals surface area contributed by atoms with E-state index >= 15 is 0 Å². The maximum absolute atomic E-state index is 12.2. The molecule has 1 heterocycles. The Labute approximate surface area is 134 Å². The number of rotatable bonds is 1. The minimum absolute atomic E-state index is 0.212. The molecule has 0 spiro atoms. The van der Waals surface area contributed by atoms with Gasteiger partial charge in [0.25, 0.3) is 0 Å². The lowest BCUT2D eigenvalue weighted by Gasteiger charge is -2.33. The molecule has 0 aromatic rings. The average molecular weight is 312 g/mol. The SMILES string of the molecule is CC(C)(C)OC(=O)N1CCCN(C2CCCCCC2O)CC1. The van der Waals surface area contributed by atoms with Crippen LogP contribution in [0.25, 0.3) is 0 Å². The van der Waals surface area contributed by atoms with Crippen LogP contribution in [0, 0.1) is 0 Å². The summed E-state index contributed by atoms with van der Waals surface area (Å²) in [6.45, 7) is 8.93. The summed E-state index contributed by atoms with van der Waals surface area (Å²) < 4.78 is 5.47. The summed E-state index contributed by atoms with van der Waals surface area (Å²) >= 11 is 0. The van der Waals surface area contributed by atoms with Gasteiger partial charge < -0.3 is 14.7 Å². The number of hydrogen-bond donors (Lipinski definition) is 1. The van der Waals surface area contributed by atoms with Crippen LogP contribution in [0.3, 0.4) is 0 Å². The van der Waals surface area contributed by atoms with Gasteiger partial charge in [0.2, 0.25) is 0 Å². The molecule has 0 bridgehead atoms. The van der Waals surface area contributed by atoms with Gasteiger partial charge in [0.15, 0.2) is 0 Å². The number of aliphatic hydroxyl groups is 1. The fourth-order valence-electron chi connectivity index (χ4n) is 3.47. The first-order valence-electron chi connectivity index (χ1n) is 8.77. The van der Waals surface area contributed by atoms with E-state index in [1.807, 2.05) is 25.7 Å². The van der Waals surface area contributed by atoms with Crippen LogP contribution in [0.1, 0.15) is 59.3 Å². The highest BCUT2D eigenvalue weighted by Gasteiger charge is 2.30. The number of carbonyl (C=O) groups excluding carboxylic acids is 1. The lowest BCUT2D eigenvalue weighted by Crippen LogP contribution is -2.45.